The minimum atomic E-state index is -4.07. The molecule has 0 spiro atoms. The number of imide groups is 1. The Labute approximate surface area is 130 Å². The number of rotatable bonds is 2. The number of benzene rings is 1. The highest BCUT2D eigenvalue weighted by molar-refractivity contribution is 8.13. The largest absolute Gasteiger partial charge is 0.322 e. The first kappa shape index (κ1) is 15.0. The van der Waals surface area contributed by atoms with Crippen LogP contribution in [-0.2, 0) is 25.2 Å². The molecule has 0 saturated carbocycles. The van der Waals surface area contributed by atoms with Gasteiger partial charge >= 0.3 is 0 Å². The van der Waals surface area contributed by atoms with Crippen LogP contribution in [0.4, 0.5) is 0 Å². The summed E-state index contributed by atoms with van der Waals surface area (Å²) in [7, 11) is 1.30. The lowest BCUT2D eigenvalue weighted by Crippen LogP contribution is -2.52. The maximum Gasteiger partial charge on any atom is 0.262 e. The van der Waals surface area contributed by atoms with Gasteiger partial charge in [0.2, 0.25) is 11.8 Å². The first-order chi connectivity index (χ1) is 10.3. The summed E-state index contributed by atoms with van der Waals surface area (Å²) in [5.74, 6) is -1.49. The van der Waals surface area contributed by atoms with Crippen LogP contribution in [0.5, 0.6) is 0 Å². The van der Waals surface area contributed by atoms with Crippen molar-refractivity contribution in [3.8, 4) is 0 Å². The van der Waals surface area contributed by atoms with Gasteiger partial charge in [-0.3, -0.25) is 19.7 Å². The fourth-order valence-electron chi connectivity index (χ4n) is 2.78. The molecule has 1 N–H and O–H groups in total. The van der Waals surface area contributed by atoms with Gasteiger partial charge in [0.05, 0.1) is 10.5 Å². The van der Waals surface area contributed by atoms with Crippen LogP contribution in [0.2, 0.25) is 0 Å². The summed E-state index contributed by atoms with van der Waals surface area (Å²) < 4.78 is 23.2. The first-order valence-corrected chi connectivity index (χ1v) is 8.81. The van der Waals surface area contributed by atoms with Crippen molar-refractivity contribution < 1.29 is 22.8 Å². The number of carbonyl (C=O) groups excluding carboxylic acids is 3. The Bertz CT molecular complexity index is 805. The molecule has 116 valence electrons. The Morgan fingerprint density at radius 1 is 1.23 bits per heavy atom. The summed E-state index contributed by atoms with van der Waals surface area (Å²) in [5, 5.41) is 2.18. The molecule has 1 fully saturated rings. The van der Waals surface area contributed by atoms with Crippen LogP contribution < -0.4 is 5.32 Å². The van der Waals surface area contributed by atoms with E-state index in [4.69, 9.17) is 10.7 Å². The zero-order valence-corrected chi connectivity index (χ0v) is 12.8. The van der Waals surface area contributed by atoms with Gasteiger partial charge in [0, 0.05) is 23.6 Å². The third-order valence-electron chi connectivity index (χ3n) is 3.78. The number of hydrogen-bond acceptors (Lipinski definition) is 5. The molecule has 0 aromatic heterocycles. The Kier molecular flexibility index (Phi) is 3.45. The van der Waals surface area contributed by atoms with Gasteiger partial charge in [0.25, 0.3) is 15.0 Å². The van der Waals surface area contributed by atoms with Crippen molar-refractivity contribution in [1.82, 2.24) is 10.2 Å². The summed E-state index contributed by atoms with van der Waals surface area (Å²) in [4.78, 5) is 36.6. The number of piperidine rings is 1. The standard InChI is InChI=1S/C13H11ClN2O5S/c14-22(20,21)9-3-1-2-7-6-16(13(19)11(7)9)8-4-5-10(17)15-12(8)18/h1-3,8H,4-6H2,(H,15,17,18). The average Bonchev–Trinajstić information content (AvgIpc) is 2.75. The van der Waals surface area contributed by atoms with E-state index in [-0.39, 0.29) is 35.8 Å². The number of carbonyl (C=O) groups is 3. The van der Waals surface area contributed by atoms with Gasteiger partial charge in [-0.2, -0.15) is 0 Å². The third-order valence-corrected chi connectivity index (χ3v) is 5.14. The van der Waals surface area contributed by atoms with Gasteiger partial charge in [0.15, 0.2) is 0 Å². The van der Waals surface area contributed by atoms with Crippen molar-refractivity contribution in [2.45, 2.75) is 30.3 Å². The van der Waals surface area contributed by atoms with Crippen molar-refractivity contribution in [2.24, 2.45) is 0 Å². The van der Waals surface area contributed by atoms with Crippen LogP contribution in [0, 0.1) is 0 Å². The second-order valence-electron chi connectivity index (χ2n) is 5.13. The fourth-order valence-corrected chi connectivity index (χ4v) is 3.87. The Morgan fingerprint density at radius 3 is 2.59 bits per heavy atom. The molecule has 2 aliphatic rings. The Balaban J connectivity index is 1.99. The maximum absolute atomic E-state index is 12.5. The number of nitrogens with one attached hydrogen (secondary N) is 1. The van der Waals surface area contributed by atoms with Crippen LogP contribution >= 0.6 is 10.7 Å². The highest BCUT2D eigenvalue weighted by atomic mass is 35.7. The highest BCUT2D eigenvalue weighted by Gasteiger charge is 2.41. The molecular formula is C13H11ClN2O5S. The predicted octanol–water partition coefficient (Wildman–Crippen LogP) is 0.375. The molecule has 0 radical (unpaired) electrons. The van der Waals surface area contributed by atoms with E-state index in [1.54, 1.807) is 6.07 Å². The average molecular weight is 343 g/mol. The summed E-state index contributed by atoms with van der Waals surface area (Å²) in [6, 6.07) is 3.58. The van der Waals surface area contributed by atoms with E-state index in [9.17, 15) is 22.8 Å². The molecule has 0 aliphatic carbocycles. The van der Waals surface area contributed by atoms with Gasteiger partial charge in [-0.15, -0.1) is 0 Å². The van der Waals surface area contributed by atoms with Gasteiger partial charge in [-0.25, -0.2) is 8.42 Å². The van der Waals surface area contributed by atoms with Crippen molar-refractivity contribution in [1.29, 1.82) is 0 Å². The maximum atomic E-state index is 12.5. The molecule has 7 nitrogen and oxygen atoms in total. The van der Waals surface area contributed by atoms with Crippen molar-refractivity contribution in [2.75, 3.05) is 0 Å². The molecule has 2 heterocycles. The van der Waals surface area contributed by atoms with Gasteiger partial charge in [-0.1, -0.05) is 12.1 Å². The molecule has 0 bridgehead atoms. The van der Waals surface area contributed by atoms with Crippen molar-refractivity contribution in [3.63, 3.8) is 0 Å². The monoisotopic (exact) mass is 342 g/mol. The van der Waals surface area contributed by atoms with Crippen molar-refractivity contribution >= 4 is 37.5 Å². The van der Waals surface area contributed by atoms with E-state index in [0.29, 0.717) is 5.56 Å². The zero-order valence-electron chi connectivity index (χ0n) is 11.2. The number of amides is 3. The number of fused-ring (bicyclic) bond motifs is 1. The third kappa shape index (κ3) is 2.38. The lowest BCUT2D eigenvalue weighted by atomic mass is 10.0. The number of nitrogens with zero attached hydrogens (tertiary/aromatic N) is 1. The second kappa shape index (κ2) is 5.06. The Hall–Kier alpha value is -1.93. The first-order valence-electron chi connectivity index (χ1n) is 6.50. The Morgan fingerprint density at radius 2 is 1.95 bits per heavy atom. The van der Waals surface area contributed by atoms with E-state index >= 15 is 0 Å². The molecule has 2 aliphatic heterocycles. The fraction of sp³-hybridized carbons (Fsp3) is 0.308. The van der Waals surface area contributed by atoms with Crippen LogP contribution in [0.15, 0.2) is 23.1 Å². The van der Waals surface area contributed by atoms with E-state index < -0.39 is 26.9 Å². The molecule has 1 aromatic carbocycles. The minimum Gasteiger partial charge on any atom is -0.322 e. The van der Waals surface area contributed by atoms with E-state index in [2.05, 4.69) is 5.32 Å². The molecule has 1 unspecified atom stereocenters. The molecule has 1 atom stereocenters. The second-order valence-corrected chi connectivity index (χ2v) is 7.66. The highest BCUT2D eigenvalue weighted by Crippen LogP contribution is 2.32. The van der Waals surface area contributed by atoms with Gasteiger partial charge < -0.3 is 4.90 Å². The SMILES string of the molecule is O=C1CCC(N2Cc3cccc(S(=O)(=O)Cl)c3C2=O)C(=O)N1. The van der Waals surface area contributed by atoms with Crippen LogP contribution in [0.1, 0.15) is 28.8 Å². The molecule has 9 heteroatoms. The number of halogens is 1. The summed E-state index contributed by atoms with van der Waals surface area (Å²) in [6.07, 6.45) is 0.352. The smallest absolute Gasteiger partial charge is 0.262 e. The predicted molar refractivity (Wildman–Crippen MR) is 75.5 cm³/mol. The van der Waals surface area contributed by atoms with Crippen LogP contribution in [0.25, 0.3) is 0 Å². The molecule has 3 amide bonds. The lowest BCUT2D eigenvalue weighted by molar-refractivity contribution is -0.136. The van der Waals surface area contributed by atoms with Gasteiger partial charge in [-0.05, 0) is 18.1 Å². The topological polar surface area (TPSA) is 101 Å². The molecular weight excluding hydrogens is 332 g/mol. The zero-order chi connectivity index (χ0) is 16.1. The van der Waals surface area contributed by atoms with Crippen LogP contribution in [-0.4, -0.2) is 37.1 Å². The minimum absolute atomic E-state index is 0.00204. The van der Waals surface area contributed by atoms with E-state index in [1.165, 1.54) is 17.0 Å². The van der Waals surface area contributed by atoms with Gasteiger partial charge in [0.1, 0.15) is 6.04 Å². The summed E-state index contributed by atoms with van der Waals surface area (Å²) in [6.45, 7) is 0.112. The van der Waals surface area contributed by atoms with E-state index in [1.807, 2.05) is 0 Å². The lowest BCUT2D eigenvalue weighted by Gasteiger charge is -2.29. The normalized spacial score (nSPS) is 21.8. The van der Waals surface area contributed by atoms with Crippen LogP contribution in [0.3, 0.4) is 0 Å². The molecule has 3 rings (SSSR count). The quantitative estimate of drug-likeness (QED) is 0.618. The van der Waals surface area contributed by atoms with Crippen molar-refractivity contribution in [3.05, 3.63) is 29.3 Å². The molecule has 22 heavy (non-hydrogen) atoms. The number of hydrogen-bond donors (Lipinski definition) is 1. The molecule has 1 aromatic rings. The summed E-state index contributed by atoms with van der Waals surface area (Å²) in [5.41, 5.74) is 0.499. The summed E-state index contributed by atoms with van der Waals surface area (Å²) >= 11 is 0. The van der Waals surface area contributed by atoms with E-state index in [0.717, 1.165) is 0 Å². The molecule has 1 saturated heterocycles.